The summed E-state index contributed by atoms with van der Waals surface area (Å²) in [5, 5.41) is 0. The molecule has 0 saturated carbocycles. The number of amides is 1. The van der Waals surface area contributed by atoms with Crippen LogP contribution in [0, 0.1) is 0 Å². The van der Waals surface area contributed by atoms with Gasteiger partial charge in [-0.25, -0.2) is 14.6 Å². The number of carbonyl (C=O) groups excluding carboxylic acids is 1. The number of nitrogens with two attached hydrogens (primary N) is 1. The van der Waals surface area contributed by atoms with Gasteiger partial charge in [-0.05, 0) is 18.2 Å². The van der Waals surface area contributed by atoms with Gasteiger partial charge in [0.15, 0.2) is 0 Å². The summed E-state index contributed by atoms with van der Waals surface area (Å²) in [6.45, 7) is -0.433. The zero-order valence-corrected chi connectivity index (χ0v) is 9.57. The lowest BCUT2D eigenvalue weighted by molar-refractivity contribution is 0.00762. The molecule has 0 aliphatic rings. The molecule has 1 aromatic carbocycles. The Kier molecular flexibility index (Phi) is 6.03. The summed E-state index contributed by atoms with van der Waals surface area (Å²) in [6.07, 6.45) is -2.48. The quantitative estimate of drug-likeness (QED) is 0.331. The Morgan fingerprint density at radius 2 is 2.17 bits per heavy atom. The van der Waals surface area contributed by atoms with E-state index in [0.29, 0.717) is 11.3 Å². The second-order valence-electron chi connectivity index (χ2n) is 3.32. The van der Waals surface area contributed by atoms with Crippen LogP contribution in [0.5, 0.6) is 5.75 Å². The predicted octanol–water partition coefficient (Wildman–Crippen LogP) is 0.951. The van der Waals surface area contributed by atoms with Crippen LogP contribution >= 0.6 is 0 Å². The van der Waals surface area contributed by atoms with E-state index in [0.717, 1.165) is 0 Å². The summed E-state index contributed by atoms with van der Waals surface area (Å²) in [7, 11) is 0. The second-order valence-corrected chi connectivity index (χ2v) is 3.32. The van der Waals surface area contributed by atoms with Gasteiger partial charge >= 0.3 is 0 Å². The summed E-state index contributed by atoms with van der Waals surface area (Å²) in [4.78, 5) is 11.2. The van der Waals surface area contributed by atoms with Gasteiger partial charge in [0.05, 0.1) is 6.61 Å². The number of hydrogen-bond donors (Lipinski definition) is 2. The summed E-state index contributed by atoms with van der Waals surface area (Å²) >= 11 is 0. The van der Waals surface area contributed by atoms with Crippen molar-refractivity contribution in [2.24, 2.45) is 5.84 Å². The number of rotatable bonds is 7. The van der Waals surface area contributed by atoms with Crippen LogP contribution in [-0.4, -0.2) is 32.2 Å². The first-order valence-electron chi connectivity index (χ1n) is 5.23. The summed E-state index contributed by atoms with van der Waals surface area (Å²) in [6, 6.07) is 6.33. The van der Waals surface area contributed by atoms with Crippen LogP contribution in [0.3, 0.4) is 0 Å². The fourth-order valence-electron chi connectivity index (χ4n) is 1.20. The first kappa shape index (κ1) is 14.3. The Balaban J connectivity index is 2.36. The highest BCUT2D eigenvalue weighted by molar-refractivity contribution is 5.94. The van der Waals surface area contributed by atoms with Gasteiger partial charge in [0.2, 0.25) is 0 Å². The molecule has 0 saturated heterocycles. The Hall–Kier alpha value is -1.73. The molecule has 0 radical (unpaired) electrons. The average molecular weight is 260 g/mol. The molecule has 0 aliphatic heterocycles. The smallest absolute Gasteiger partial charge is 0.265 e. The Labute approximate surface area is 103 Å². The zero-order chi connectivity index (χ0) is 13.4. The number of hydrazine groups is 1. The lowest BCUT2D eigenvalue weighted by Crippen LogP contribution is -2.29. The maximum atomic E-state index is 11.7. The van der Waals surface area contributed by atoms with Crippen LogP contribution in [0.15, 0.2) is 24.3 Å². The maximum Gasteiger partial charge on any atom is 0.265 e. The molecule has 0 atom stereocenters. The fourth-order valence-corrected chi connectivity index (χ4v) is 1.20. The highest BCUT2D eigenvalue weighted by Gasteiger charge is 2.05. The van der Waals surface area contributed by atoms with Crippen molar-refractivity contribution in [3.05, 3.63) is 29.8 Å². The molecule has 0 heterocycles. The monoisotopic (exact) mass is 260 g/mol. The number of carbonyl (C=O) groups is 1. The van der Waals surface area contributed by atoms with Crippen LogP contribution in [0.1, 0.15) is 10.4 Å². The van der Waals surface area contributed by atoms with Gasteiger partial charge in [-0.3, -0.25) is 10.2 Å². The van der Waals surface area contributed by atoms with Gasteiger partial charge in [-0.2, -0.15) is 0 Å². The van der Waals surface area contributed by atoms with Gasteiger partial charge in [0.1, 0.15) is 19.0 Å². The van der Waals surface area contributed by atoms with E-state index < -0.39 is 18.9 Å². The van der Waals surface area contributed by atoms with Crippen LogP contribution in [-0.2, 0) is 4.74 Å². The van der Waals surface area contributed by atoms with E-state index in [4.69, 9.17) is 10.6 Å². The molecular formula is C11H14F2N2O3. The first-order chi connectivity index (χ1) is 8.63. The Bertz CT molecular complexity index is 388. The minimum Gasteiger partial charge on any atom is -0.491 e. The van der Waals surface area contributed by atoms with Crippen LogP contribution in [0.2, 0.25) is 0 Å². The third kappa shape index (κ3) is 5.07. The average Bonchev–Trinajstić information content (AvgIpc) is 2.37. The van der Waals surface area contributed by atoms with E-state index in [1.807, 2.05) is 5.43 Å². The highest BCUT2D eigenvalue weighted by atomic mass is 19.3. The van der Waals surface area contributed by atoms with Crippen molar-refractivity contribution >= 4 is 5.91 Å². The number of benzene rings is 1. The summed E-state index contributed by atoms with van der Waals surface area (Å²) < 4.78 is 33.4. The molecule has 5 nitrogen and oxygen atoms in total. The summed E-state index contributed by atoms with van der Waals surface area (Å²) in [5.74, 6) is 5.00. The van der Waals surface area contributed by atoms with Crippen molar-refractivity contribution in [2.45, 2.75) is 6.43 Å². The molecule has 1 rings (SSSR count). The highest BCUT2D eigenvalue weighted by Crippen LogP contribution is 2.13. The standard InChI is InChI=1S/C11H14F2N2O3/c12-10(13)7-17-4-5-18-9-3-1-2-8(6-9)11(16)15-14/h1-3,6,10H,4-5,7,14H2,(H,15,16). The predicted molar refractivity (Wildman–Crippen MR) is 60.4 cm³/mol. The van der Waals surface area contributed by atoms with E-state index in [9.17, 15) is 13.6 Å². The minimum atomic E-state index is -2.48. The van der Waals surface area contributed by atoms with Crippen molar-refractivity contribution in [1.82, 2.24) is 5.43 Å². The molecule has 0 bridgehead atoms. The zero-order valence-electron chi connectivity index (χ0n) is 9.57. The van der Waals surface area contributed by atoms with E-state index in [2.05, 4.69) is 4.74 Å². The molecule has 7 heteroatoms. The van der Waals surface area contributed by atoms with Gasteiger partial charge in [0.25, 0.3) is 12.3 Å². The lowest BCUT2D eigenvalue weighted by Gasteiger charge is -2.08. The Morgan fingerprint density at radius 3 is 2.83 bits per heavy atom. The van der Waals surface area contributed by atoms with Gasteiger partial charge < -0.3 is 9.47 Å². The van der Waals surface area contributed by atoms with Crippen molar-refractivity contribution in [1.29, 1.82) is 0 Å². The molecular weight excluding hydrogens is 246 g/mol. The van der Waals surface area contributed by atoms with Gasteiger partial charge in [-0.1, -0.05) is 6.07 Å². The molecule has 18 heavy (non-hydrogen) atoms. The molecule has 0 aromatic heterocycles. The third-order valence-corrected chi connectivity index (χ3v) is 1.97. The number of nitrogen functional groups attached to an aromatic ring is 1. The SMILES string of the molecule is NNC(=O)c1cccc(OCCOCC(F)F)c1. The maximum absolute atomic E-state index is 11.7. The van der Waals surface area contributed by atoms with Crippen molar-refractivity contribution < 1.29 is 23.0 Å². The number of nitrogens with one attached hydrogen (secondary N) is 1. The molecule has 100 valence electrons. The normalized spacial score (nSPS) is 10.4. The van der Waals surface area contributed by atoms with E-state index in [-0.39, 0.29) is 13.2 Å². The Morgan fingerprint density at radius 1 is 1.39 bits per heavy atom. The van der Waals surface area contributed by atoms with E-state index in [1.54, 1.807) is 18.2 Å². The molecule has 0 unspecified atom stereocenters. The lowest BCUT2D eigenvalue weighted by atomic mass is 10.2. The van der Waals surface area contributed by atoms with E-state index in [1.165, 1.54) is 6.07 Å². The van der Waals surface area contributed by atoms with Crippen LogP contribution in [0.4, 0.5) is 8.78 Å². The first-order valence-corrected chi connectivity index (χ1v) is 5.23. The van der Waals surface area contributed by atoms with Gasteiger partial charge in [-0.15, -0.1) is 0 Å². The van der Waals surface area contributed by atoms with E-state index >= 15 is 0 Å². The number of ether oxygens (including phenoxy) is 2. The van der Waals surface area contributed by atoms with Crippen molar-refractivity contribution in [3.63, 3.8) is 0 Å². The van der Waals surface area contributed by atoms with Crippen molar-refractivity contribution in [3.8, 4) is 5.75 Å². The molecule has 3 N–H and O–H groups in total. The number of hydrogen-bond acceptors (Lipinski definition) is 4. The topological polar surface area (TPSA) is 73.6 Å². The van der Waals surface area contributed by atoms with Gasteiger partial charge in [0, 0.05) is 5.56 Å². The molecule has 1 aromatic rings. The minimum absolute atomic E-state index is 0.0532. The number of alkyl halides is 2. The molecule has 0 aliphatic carbocycles. The molecule has 1 amide bonds. The second kappa shape index (κ2) is 7.57. The fraction of sp³-hybridized carbons (Fsp3) is 0.364. The third-order valence-electron chi connectivity index (χ3n) is 1.97. The van der Waals surface area contributed by atoms with Crippen LogP contribution in [0.25, 0.3) is 0 Å². The van der Waals surface area contributed by atoms with Crippen LogP contribution < -0.4 is 16.0 Å². The molecule has 0 spiro atoms. The molecule has 0 fully saturated rings. The summed E-state index contributed by atoms with van der Waals surface area (Å²) in [5.41, 5.74) is 2.35. The number of halogens is 2. The van der Waals surface area contributed by atoms with Crippen molar-refractivity contribution in [2.75, 3.05) is 19.8 Å². The largest absolute Gasteiger partial charge is 0.491 e.